The van der Waals surface area contributed by atoms with Gasteiger partial charge in [0.25, 0.3) is 0 Å². The van der Waals surface area contributed by atoms with Crippen LogP contribution in [0.25, 0.3) is 0 Å². The van der Waals surface area contributed by atoms with Crippen molar-refractivity contribution in [1.29, 1.82) is 0 Å². The minimum Gasteiger partial charge on any atom is -0.341 e. The number of hydrogen-bond acceptors (Lipinski definition) is 1. The van der Waals surface area contributed by atoms with Gasteiger partial charge in [-0.2, -0.15) is 0 Å². The summed E-state index contributed by atoms with van der Waals surface area (Å²) in [6.45, 7) is 3.74. The van der Waals surface area contributed by atoms with E-state index >= 15 is 0 Å². The Morgan fingerprint density at radius 2 is 2.07 bits per heavy atom. The molecule has 1 aliphatic carbocycles. The molecular formula is C11H18ClNO. The summed E-state index contributed by atoms with van der Waals surface area (Å²) < 4.78 is 0. The van der Waals surface area contributed by atoms with Gasteiger partial charge in [0.15, 0.2) is 0 Å². The first-order valence-electron chi connectivity index (χ1n) is 5.55. The van der Waals surface area contributed by atoms with Crippen LogP contribution in [0.3, 0.4) is 0 Å². The predicted molar refractivity (Wildman–Crippen MR) is 57.4 cm³/mol. The van der Waals surface area contributed by atoms with Crippen LogP contribution in [-0.2, 0) is 4.79 Å². The topological polar surface area (TPSA) is 20.3 Å². The molecule has 0 radical (unpaired) electrons. The Kier molecular flexibility index (Phi) is 2.74. The lowest BCUT2D eigenvalue weighted by Gasteiger charge is -2.28. The molecule has 0 aromatic rings. The van der Waals surface area contributed by atoms with Crippen molar-refractivity contribution in [1.82, 2.24) is 4.90 Å². The fourth-order valence-electron chi connectivity index (χ4n) is 2.65. The number of carbonyl (C=O) groups is 1. The van der Waals surface area contributed by atoms with Crippen molar-refractivity contribution in [2.24, 2.45) is 5.41 Å². The molecule has 0 N–H and O–H groups in total. The lowest BCUT2D eigenvalue weighted by atomic mass is 9.87. The SMILES string of the molecule is CC1(C(=O)N2CCC(Cl)C2)CCCC1. The Balaban J connectivity index is 2.00. The van der Waals surface area contributed by atoms with Crippen molar-refractivity contribution in [3.8, 4) is 0 Å². The monoisotopic (exact) mass is 215 g/mol. The fourth-order valence-corrected chi connectivity index (χ4v) is 2.92. The molecule has 2 aliphatic rings. The van der Waals surface area contributed by atoms with E-state index in [0.717, 1.165) is 32.4 Å². The number of alkyl halides is 1. The highest BCUT2D eigenvalue weighted by atomic mass is 35.5. The molecule has 0 aromatic carbocycles. The van der Waals surface area contributed by atoms with E-state index in [-0.39, 0.29) is 10.8 Å². The zero-order chi connectivity index (χ0) is 10.2. The van der Waals surface area contributed by atoms with E-state index in [2.05, 4.69) is 6.92 Å². The smallest absolute Gasteiger partial charge is 0.228 e. The van der Waals surface area contributed by atoms with E-state index in [1.54, 1.807) is 0 Å². The Labute approximate surface area is 90.6 Å². The average molecular weight is 216 g/mol. The molecule has 0 spiro atoms. The maximum absolute atomic E-state index is 12.2. The fraction of sp³-hybridized carbons (Fsp3) is 0.909. The first-order valence-corrected chi connectivity index (χ1v) is 5.99. The highest BCUT2D eigenvalue weighted by Gasteiger charge is 2.40. The van der Waals surface area contributed by atoms with Crippen LogP contribution in [0.4, 0.5) is 0 Å². The minimum atomic E-state index is -0.0685. The lowest BCUT2D eigenvalue weighted by molar-refractivity contribution is -0.139. The van der Waals surface area contributed by atoms with Crippen LogP contribution in [0.2, 0.25) is 0 Å². The second-order valence-corrected chi connectivity index (χ2v) is 5.52. The van der Waals surface area contributed by atoms with Gasteiger partial charge in [-0.3, -0.25) is 4.79 Å². The number of nitrogens with zero attached hydrogens (tertiary/aromatic N) is 1. The zero-order valence-corrected chi connectivity index (χ0v) is 9.52. The van der Waals surface area contributed by atoms with Crippen molar-refractivity contribution in [2.75, 3.05) is 13.1 Å². The highest BCUT2D eigenvalue weighted by molar-refractivity contribution is 6.21. The van der Waals surface area contributed by atoms with E-state index < -0.39 is 0 Å². The van der Waals surface area contributed by atoms with Crippen LogP contribution in [0.5, 0.6) is 0 Å². The number of carbonyl (C=O) groups excluding carboxylic acids is 1. The van der Waals surface area contributed by atoms with Crippen LogP contribution >= 0.6 is 11.6 Å². The molecule has 2 nitrogen and oxygen atoms in total. The summed E-state index contributed by atoms with van der Waals surface area (Å²) in [5.41, 5.74) is -0.0685. The maximum Gasteiger partial charge on any atom is 0.228 e. The molecule has 1 heterocycles. The average Bonchev–Trinajstić information content (AvgIpc) is 2.74. The normalized spacial score (nSPS) is 31.0. The van der Waals surface area contributed by atoms with Gasteiger partial charge in [0.1, 0.15) is 0 Å². The number of likely N-dealkylation sites (tertiary alicyclic amines) is 1. The Morgan fingerprint density at radius 3 is 2.57 bits per heavy atom. The van der Waals surface area contributed by atoms with Crippen LogP contribution < -0.4 is 0 Å². The summed E-state index contributed by atoms with van der Waals surface area (Å²) in [5.74, 6) is 0.346. The van der Waals surface area contributed by atoms with Gasteiger partial charge in [0.2, 0.25) is 5.91 Å². The van der Waals surface area contributed by atoms with E-state index in [1.165, 1.54) is 12.8 Å². The number of rotatable bonds is 1. The molecule has 1 saturated carbocycles. The molecule has 0 aromatic heterocycles. The molecular weight excluding hydrogens is 198 g/mol. The van der Waals surface area contributed by atoms with Gasteiger partial charge in [-0.05, 0) is 19.3 Å². The second-order valence-electron chi connectivity index (χ2n) is 4.90. The van der Waals surface area contributed by atoms with Gasteiger partial charge < -0.3 is 4.90 Å². The van der Waals surface area contributed by atoms with E-state index in [9.17, 15) is 4.79 Å². The first kappa shape index (κ1) is 10.3. The van der Waals surface area contributed by atoms with Crippen molar-refractivity contribution in [3.05, 3.63) is 0 Å². The molecule has 1 unspecified atom stereocenters. The van der Waals surface area contributed by atoms with Gasteiger partial charge >= 0.3 is 0 Å². The third-order valence-electron chi connectivity index (χ3n) is 3.64. The van der Waals surface area contributed by atoms with Crippen molar-refractivity contribution >= 4 is 17.5 Å². The minimum absolute atomic E-state index is 0.0685. The summed E-state index contributed by atoms with van der Waals surface area (Å²) in [5, 5.41) is 0.184. The highest BCUT2D eigenvalue weighted by Crippen LogP contribution is 2.39. The molecule has 14 heavy (non-hydrogen) atoms. The number of amides is 1. The lowest BCUT2D eigenvalue weighted by Crippen LogP contribution is -2.39. The van der Waals surface area contributed by atoms with Gasteiger partial charge in [0, 0.05) is 18.5 Å². The number of halogens is 1. The van der Waals surface area contributed by atoms with Crippen molar-refractivity contribution < 1.29 is 4.79 Å². The summed E-state index contributed by atoms with van der Waals surface area (Å²) in [7, 11) is 0. The Bertz CT molecular complexity index is 235. The molecule has 0 bridgehead atoms. The van der Waals surface area contributed by atoms with Gasteiger partial charge in [-0.15, -0.1) is 11.6 Å². The van der Waals surface area contributed by atoms with Gasteiger partial charge in [-0.25, -0.2) is 0 Å². The molecule has 2 rings (SSSR count). The zero-order valence-electron chi connectivity index (χ0n) is 8.76. The molecule has 80 valence electrons. The maximum atomic E-state index is 12.2. The van der Waals surface area contributed by atoms with Crippen molar-refractivity contribution in [3.63, 3.8) is 0 Å². The molecule has 1 aliphatic heterocycles. The Morgan fingerprint density at radius 1 is 1.43 bits per heavy atom. The molecule has 1 saturated heterocycles. The van der Waals surface area contributed by atoms with Crippen LogP contribution in [0.15, 0.2) is 0 Å². The summed E-state index contributed by atoms with van der Waals surface area (Å²) in [6.07, 6.45) is 5.51. The molecule has 1 atom stereocenters. The van der Waals surface area contributed by atoms with Crippen LogP contribution in [0.1, 0.15) is 39.0 Å². The first-order chi connectivity index (χ1) is 6.62. The molecule has 3 heteroatoms. The molecule has 1 amide bonds. The van der Waals surface area contributed by atoms with Crippen LogP contribution in [-0.4, -0.2) is 29.3 Å². The third-order valence-corrected chi connectivity index (χ3v) is 4.00. The van der Waals surface area contributed by atoms with E-state index in [4.69, 9.17) is 11.6 Å². The van der Waals surface area contributed by atoms with E-state index in [0.29, 0.717) is 5.91 Å². The largest absolute Gasteiger partial charge is 0.341 e. The van der Waals surface area contributed by atoms with Gasteiger partial charge in [0.05, 0.1) is 5.38 Å². The third kappa shape index (κ3) is 1.77. The van der Waals surface area contributed by atoms with Crippen LogP contribution in [0, 0.1) is 5.41 Å². The summed E-state index contributed by atoms with van der Waals surface area (Å²) >= 11 is 6.01. The van der Waals surface area contributed by atoms with E-state index in [1.807, 2.05) is 4.90 Å². The quantitative estimate of drug-likeness (QED) is 0.616. The summed E-state index contributed by atoms with van der Waals surface area (Å²) in [4.78, 5) is 14.1. The standard InChI is InChI=1S/C11H18ClNO/c1-11(5-2-3-6-11)10(14)13-7-4-9(12)8-13/h9H,2-8H2,1H3. The summed E-state index contributed by atoms with van der Waals surface area (Å²) in [6, 6.07) is 0. The predicted octanol–water partition coefficient (Wildman–Crippen LogP) is 2.41. The number of hydrogen-bond donors (Lipinski definition) is 0. The second kappa shape index (κ2) is 3.73. The Hall–Kier alpha value is -0.240. The van der Waals surface area contributed by atoms with Crippen molar-refractivity contribution in [2.45, 2.75) is 44.4 Å². The molecule has 2 fully saturated rings. The van der Waals surface area contributed by atoms with Gasteiger partial charge in [-0.1, -0.05) is 19.8 Å².